The molecule has 3 atom stereocenters. The number of halogens is 1. The van der Waals surface area contributed by atoms with Gasteiger partial charge in [0.05, 0.1) is 0 Å². The standard InChI is InChI=1S/C15H23IN2/c1-11-4-3-9-18(15(11)10-17)12(2)13-5-7-14(16)8-6-13/h5-8,11-12,15H,3-4,9-10,17H2,1-2H3. The molecule has 1 aliphatic heterocycles. The molecule has 1 heterocycles. The first-order valence-corrected chi connectivity index (χ1v) is 7.92. The zero-order chi connectivity index (χ0) is 13.1. The minimum atomic E-state index is 0.471. The highest BCUT2D eigenvalue weighted by molar-refractivity contribution is 14.1. The Hall–Kier alpha value is -0.130. The number of likely N-dealkylation sites (tertiary alicyclic amines) is 1. The molecule has 0 aromatic heterocycles. The summed E-state index contributed by atoms with van der Waals surface area (Å²) in [5.74, 6) is 0.718. The molecule has 0 saturated carbocycles. The van der Waals surface area contributed by atoms with Crippen LogP contribution in [-0.2, 0) is 0 Å². The van der Waals surface area contributed by atoms with Gasteiger partial charge in [0, 0.05) is 22.2 Å². The maximum Gasteiger partial charge on any atom is 0.0323 e. The van der Waals surface area contributed by atoms with Crippen molar-refractivity contribution in [3.8, 4) is 0 Å². The van der Waals surface area contributed by atoms with Crippen LogP contribution in [-0.4, -0.2) is 24.0 Å². The third kappa shape index (κ3) is 3.06. The first-order chi connectivity index (χ1) is 8.63. The van der Waals surface area contributed by atoms with Crippen LogP contribution < -0.4 is 5.73 Å². The van der Waals surface area contributed by atoms with Gasteiger partial charge in [0.25, 0.3) is 0 Å². The average Bonchev–Trinajstić information content (AvgIpc) is 2.38. The Morgan fingerprint density at radius 3 is 2.67 bits per heavy atom. The van der Waals surface area contributed by atoms with Crippen molar-refractivity contribution in [1.29, 1.82) is 0 Å². The van der Waals surface area contributed by atoms with Crippen LogP contribution in [0.2, 0.25) is 0 Å². The average molecular weight is 358 g/mol. The smallest absolute Gasteiger partial charge is 0.0323 e. The minimum Gasteiger partial charge on any atom is -0.329 e. The molecule has 2 rings (SSSR count). The molecule has 1 aliphatic rings. The van der Waals surface area contributed by atoms with Gasteiger partial charge in [0.1, 0.15) is 0 Å². The van der Waals surface area contributed by atoms with E-state index in [9.17, 15) is 0 Å². The second-order valence-electron chi connectivity index (χ2n) is 5.39. The van der Waals surface area contributed by atoms with Crippen LogP contribution in [0, 0.1) is 9.49 Å². The first kappa shape index (κ1) is 14.3. The van der Waals surface area contributed by atoms with Crippen molar-refractivity contribution in [3.63, 3.8) is 0 Å². The largest absolute Gasteiger partial charge is 0.329 e. The van der Waals surface area contributed by atoms with Gasteiger partial charge in [0.15, 0.2) is 0 Å². The first-order valence-electron chi connectivity index (χ1n) is 6.84. The summed E-state index contributed by atoms with van der Waals surface area (Å²) < 4.78 is 1.30. The number of hydrogen-bond acceptors (Lipinski definition) is 2. The maximum absolute atomic E-state index is 5.98. The fourth-order valence-corrected chi connectivity index (χ4v) is 3.42. The number of piperidine rings is 1. The molecule has 1 aromatic rings. The van der Waals surface area contributed by atoms with Crippen LogP contribution in [0.5, 0.6) is 0 Å². The van der Waals surface area contributed by atoms with Gasteiger partial charge in [-0.2, -0.15) is 0 Å². The van der Waals surface area contributed by atoms with E-state index in [0.29, 0.717) is 12.1 Å². The SMILES string of the molecule is CC1CCCN(C(C)c2ccc(I)cc2)C1CN. The van der Waals surface area contributed by atoms with Crippen LogP contribution in [0.4, 0.5) is 0 Å². The molecule has 1 aromatic carbocycles. The van der Waals surface area contributed by atoms with E-state index in [4.69, 9.17) is 5.73 Å². The molecule has 3 unspecified atom stereocenters. The lowest BCUT2D eigenvalue weighted by molar-refractivity contribution is 0.0690. The molecule has 0 spiro atoms. The van der Waals surface area contributed by atoms with Crippen LogP contribution in [0.25, 0.3) is 0 Å². The minimum absolute atomic E-state index is 0.471. The van der Waals surface area contributed by atoms with Gasteiger partial charge >= 0.3 is 0 Å². The molecule has 0 amide bonds. The molecule has 1 saturated heterocycles. The molecule has 2 nitrogen and oxygen atoms in total. The van der Waals surface area contributed by atoms with E-state index >= 15 is 0 Å². The van der Waals surface area contributed by atoms with E-state index in [0.717, 1.165) is 12.5 Å². The number of hydrogen-bond donors (Lipinski definition) is 1. The lowest BCUT2D eigenvalue weighted by Gasteiger charge is -2.43. The van der Waals surface area contributed by atoms with Crippen molar-refractivity contribution in [2.24, 2.45) is 11.7 Å². The second-order valence-corrected chi connectivity index (χ2v) is 6.63. The summed E-state index contributed by atoms with van der Waals surface area (Å²) in [5, 5.41) is 0. The summed E-state index contributed by atoms with van der Waals surface area (Å²) in [6.07, 6.45) is 2.62. The van der Waals surface area contributed by atoms with Gasteiger partial charge in [-0.1, -0.05) is 19.1 Å². The Labute approximate surface area is 124 Å². The number of nitrogens with two attached hydrogens (primary N) is 1. The van der Waals surface area contributed by atoms with E-state index < -0.39 is 0 Å². The number of rotatable bonds is 3. The van der Waals surface area contributed by atoms with Gasteiger partial charge in [-0.15, -0.1) is 0 Å². The lowest BCUT2D eigenvalue weighted by atomic mass is 9.88. The zero-order valence-electron chi connectivity index (χ0n) is 11.3. The van der Waals surface area contributed by atoms with Crippen LogP contribution in [0.1, 0.15) is 38.3 Å². The quantitative estimate of drug-likeness (QED) is 0.839. The molecule has 1 fully saturated rings. The fraction of sp³-hybridized carbons (Fsp3) is 0.600. The summed E-state index contributed by atoms with van der Waals surface area (Å²) in [6.45, 7) is 6.60. The van der Waals surface area contributed by atoms with E-state index in [2.05, 4.69) is 65.6 Å². The summed E-state index contributed by atoms with van der Waals surface area (Å²) in [7, 11) is 0. The Kier molecular flexibility index (Phi) is 5.04. The van der Waals surface area contributed by atoms with Crippen molar-refractivity contribution in [2.75, 3.05) is 13.1 Å². The summed E-state index contributed by atoms with van der Waals surface area (Å²) in [4.78, 5) is 2.59. The van der Waals surface area contributed by atoms with Crippen LogP contribution in [0.15, 0.2) is 24.3 Å². The third-order valence-corrected chi connectivity index (χ3v) is 4.97. The van der Waals surface area contributed by atoms with Crippen molar-refractivity contribution in [2.45, 2.75) is 38.8 Å². The van der Waals surface area contributed by atoms with Gasteiger partial charge in [-0.05, 0) is 72.5 Å². The van der Waals surface area contributed by atoms with Crippen molar-refractivity contribution in [3.05, 3.63) is 33.4 Å². The van der Waals surface area contributed by atoms with Crippen molar-refractivity contribution in [1.82, 2.24) is 4.90 Å². The molecule has 0 bridgehead atoms. The van der Waals surface area contributed by atoms with Crippen molar-refractivity contribution >= 4 is 22.6 Å². The van der Waals surface area contributed by atoms with E-state index in [-0.39, 0.29) is 0 Å². The van der Waals surface area contributed by atoms with Crippen LogP contribution in [0.3, 0.4) is 0 Å². The van der Waals surface area contributed by atoms with Crippen molar-refractivity contribution < 1.29 is 0 Å². The maximum atomic E-state index is 5.98. The molecular formula is C15H23IN2. The lowest BCUT2D eigenvalue weighted by Crippen LogP contribution is -2.49. The highest BCUT2D eigenvalue weighted by atomic mass is 127. The van der Waals surface area contributed by atoms with Crippen LogP contribution >= 0.6 is 22.6 Å². The fourth-order valence-electron chi connectivity index (χ4n) is 3.06. The second kappa shape index (κ2) is 6.35. The normalized spacial score (nSPS) is 27.1. The highest BCUT2D eigenvalue weighted by Crippen LogP contribution is 2.31. The summed E-state index contributed by atoms with van der Waals surface area (Å²) in [5.41, 5.74) is 7.39. The number of nitrogens with zero attached hydrogens (tertiary/aromatic N) is 1. The predicted molar refractivity (Wildman–Crippen MR) is 85.5 cm³/mol. The monoisotopic (exact) mass is 358 g/mol. The zero-order valence-corrected chi connectivity index (χ0v) is 13.4. The Morgan fingerprint density at radius 1 is 1.39 bits per heavy atom. The molecular weight excluding hydrogens is 335 g/mol. The molecule has 18 heavy (non-hydrogen) atoms. The van der Waals surface area contributed by atoms with Gasteiger partial charge in [-0.3, -0.25) is 4.90 Å². The predicted octanol–water partition coefficient (Wildman–Crippen LogP) is 3.41. The Bertz CT molecular complexity index is 377. The van der Waals surface area contributed by atoms with Gasteiger partial charge in [0.2, 0.25) is 0 Å². The van der Waals surface area contributed by atoms with E-state index in [1.165, 1.54) is 28.5 Å². The third-order valence-electron chi connectivity index (χ3n) is 4.25. The van der Waals surface area contributed by atoms with Gasteiger partial charge < -0.3 is 5.73 Å². The molecule has 0 aliphatic carbocycles. The summed E-state index contributed by atoms with van der Waals surface area (Å²) >= 11 is 2.36. The molecule has 0 radical (unpaired) electrons. The number of benzene rings is 1. The molecule has 100 valence electrons. The summed E-state index contributed by atoms with van der Waals surface area (Å²) in [6, 6.07) is 9.89. The highest BCUT2D eigenvalue weighted by Gasteiger charge is 2.30. The van der Waals surface area contributed by atoms with E-state index in [1.807, 2.05) is 0 Å². The molecule has 3 heteroatoms. The molecule has 2 N–H and O–H groups in total. The van der Waals surface area contributed by atoms with Gasteiger partial charge in [-0.25, -0.2) is 0 Å². The Morgan fingerprint density at radius 2 is 2.06 bits per heavy atom. The van der Waals surface area contributed by atoms with E-state index in [1.54, 1.807) is 0 Å². The topological polar surface area (TPSA) is 29.3 Å². The Balaban J connectivity index is 2.15.